The highest BCUT2D eigenvalue weighted by Crippen LogP contribution is 2.48. The molecular formula is C12H23N. The third-order valence-electron chi connectivity index (χ3n) is 4.15. The molecule has 1 aliphatic heterocycles. The second-order valence-electron chi connectivity index (χ2n) is 5.66. The van der Waals surface area contributed by atoms with E-state index in [1.165, 1.54) is 38.8 Å². The van der Waals surface area contributed by atoms with Crippen LogP contribution in [0.3, 0.4) is 0 Å². The second-order valence-corrected chi connectivity index (χ2v) is 5.66. The standard InChI is InChI=1S/C12H23N/c1-10(2)13-7-6-12(9-13)5-4-11(3)8-12/h10-11H,4-9H2,1-3H3. The molecule has 2 fully saturated rings. The fourth-order valence-electron chi connectivity index (χ4n) is 3.28. The predicted octanol–water partition coefficient (Wildman–Crippen LogP) is 2.91. The predicted molar refractivity (Wildman–Crippen MR) is 56.8 cm³/mol. The van der Waals surface area contributed by atoms with Gasteiger partial charge in [0, 0.05) is 12.6 Å². The average Bonchev–Trinajstić information content (AvgIpc) is 2.61. The monoisotopic (exact) mass is 181 g/mol. The molecule has 2 unspecified atom stereocenters. The van der Waals surface area contributed by atoms with Crippen LogP contribution in [-0.4, -0.2) is 24.0 Å². The maximum Gasteiger partial charge on any atom is 0.00413 e. The quantitative estimate of drug-likeness (QED) is 0.601. The largest absolute Gasteiger partial charge is 0.300 e. The highest BCUT2D eigenvalue weighted by Gasteiger charge is 2.42. The number of hydrogen-bond donors (Lipinski definition) is 0. The summed E-state index contributed by atoms with van der Waals surface area (Å²) < 4.78 is 0. The molecule has 1 heteroatoms. The topological polar surface area (TPSA) is 3.24 Å². The lowest BCUT2D eigenvalue weighted by Gasteiger charge is -2.26. The highest BCUT2D eigenvalue weighted by atomic mass is 15.2. The molecule has 0 N–H and O–H groups in total. The summed E-state index contributed by atoms with van der Waals surface area (Å²) >= 11 is 0. The molecule has 0 radical (unpaired) electrons. The zero-order valence-corrected chi connectivity index (χ0v) is 9.34. The van der Waals surface area contributed by atoms with Gasteiger partial charge in [0.05, 0.1) is 0 Å². The van der Waals surface area contributed by atoms with Crippen LogP contribution in [0.2, 0.25) is 0 Å². The molecule has 0 aromatic rings. The first-order valence-corrected chi connectivity index (χ1v) is 5.85. The summed E-state index contributed by atoms with van der Waals surface area (Å²) in [5, 5.41) is 0. The summed E-state index contributed by atoms with van der Waals surface area (Å²) in [7, 11) is 0. The number of rotatable bonds is 1. The van der Waals surface area contributed by atoms with Crippen molar-refractivity contribution in [3.8, 4) is 0 Å². The van der Waals surface area contributed by atoms with Crippen molar-refractivity contribution in [1.82, 2.24) is 4.90 Å². The van der Waals surface area contributed by atoms with E-state index in [2.05, 4.69) is 25.7 Å². The van der Waals surface area contributed by atoms with Crippen molar-refractivity contribution >= 4 is 0 Å². The van der Waals surface area contributed by atoms with Gasteiger partial charge in [-0.3, -0.25) is 0 Å². The fraction of sp³-hybridized carbons (Fsp3) is 1.00. The van der Waals surface area contributed by atoms with Crippen LogP contribution < -0.4 is 0 Å². The molecule has 0 bridgehead atoms. The van der Waals surface area contributed by atoms with E-state index in [4.69, 9.17) is 0 Å². The Kier molecular flexibility index (Phi) is 2.39. The molecule has 1 spiro atoms. The van der Waals surface area contributed by atoms with Gasteiger partial charge in [0.15, 0.2) is 0 Å². The molecular weight excluding hydrogens is 158 g/mol. The Labute approximate surface area is 82.5 Å². The average molecular weight is 181 g/mol. The Morgan fingerprint density at radius 1 is 1.31 bits per heavy atom. The molecule has 76 valence electrons. The van der Waals surface area contributed by atoms with Crippen LogP contribution in [0.25, 0.3) is 0 Å². The minimum atomic E-state index is 0.740. The molecule has 0 aromatic heterocycles. The molecule has 13 heavy (non-hydrogen) atoms. The van der Waals surface area contributed by atoms with Gasteiger partial charge in [0.1, 0.15) is 0 Å². The molecule has 1 saturated heterocycles. The Morgan fingerprint density at radius 3 is 2.54 bits per heavy atom. The SMILES string of the molecule is CC1CCC2(CCN(C(C)C)C2)C1. The van der Waals surface area contributed by atoms with E-state index >= 15 is 0 Å². The summed E-state index contributed by atoms with van der Waals surface area (Å²) in [5.74, 6) is 0.993. The zero-order chi connectivity index (χ0) is 9.47. The van der Waals surface area contributed by atoms with E-state index in [1.807, 2.05) is 0 Å². The second kappa shape index (κ2) is 3.27. The Morgan fingerprint density at radius 2 is 2.08 bits per heavy atom. The van der Waals surface area contributed by atoms with Crippen molar-refractivity contribution < 1.29 is 0 Å². The first kappa shape index (κ1) is 9.51. The zero-order valence-electron chi connectivity index (χ0n) is 9.34. The van der Waals surface area contributed by atoms with E-state index in [9.17, 15) is 0 Å². The van der Waals surface area contributed by atoms with Crippen LogP contribution in [0, 0.1) is 11.3 Å². The summed E-state index contributed by atoms with van der Waals surface area (Å²) in [6.45, 7) is 9.82. The smallest absolute Gasteiger partial charge is 0.00413 e. The van der Waals surface area contributed by atoms with E-state index in [1.54, 1.807) is 0 Å². The molecule has 2 rings (SSSR count). The minimum Gasteiger partial charge on any atom is -0.300 e. The van der Waals surface area contributed by atoms with Crippen molar-refractivity contribution in [2.45, 2.75) is 52.5 Å². The maximum atomic E-state index is 2.66. The minimum absolute atomic E-state index is 0.740. The summed E-state index contributed by atoms with van der Waals surface area (Å²) in [4.78, 5) is 2.66. The molecule has 0 aromatic carbocycles. The van der Waals surface area contributed by atoms with Gasteiger partial charge >= 0.3 is 0 Å². The lowest BCUT2D eigenvalue weighted by molar-refractivity contribution is 0.222. The van der Waals surface area contributed by atoms with Crippen molar-refractivity contribution in [2.24, 2.45) is 11.3 Å². The third-order valence-corrected chi connectivity index (χ3v) is 4.15. The van der Waals surface area contributed by atoms with Crippen molar-refractivity contribution in [3.63, 3.8) is 0 Å². The van der Waals surface area contributed by atoms with Gasteiger partial charge in [-0.15, -0.1) is 0 Å². The van der Waals surface area contributed by atoms with Crippen LogP contribution in [0.15, 0.2) is 0 Å². The maximum absolute atomic E-state index is 2.66. The molecule has 2 atom stereocenters. The third kappa shape index (κ3) is 1.76. The summed E-state index contributed by atoms with van der Waals surface area (Å²) in [5.41, 5.74) is 0.740. The van der Waals surface area contributed by atoms with Crippen molar-refractivity contribution in [3.05, 3.63) is 0 Å². The number of nitrogens with zero attached hydrogens (tertiary/aromatic N) is 1. The Balaban J connectivity index is 1.97. The molecule has 1 heterocycles. The van der Waals surface area contributed by atoms with E-state index in [0.29, 0.717) is 0 Å². The van der Waals surface area contributed by atoms with Gasteiger partial charge < -0.3 is 4.90 Å². The van der Waals surface area contributed by atoms with Gasteiger partial charge in [-0.2, -0.15) is 0 Å². The van der Waals surface area contributed by atoms with Gasteiger partial charge in [0.2, 0.25) is 0 Å². The number of hydrogen-bond acceptors (Lipinski definition) is 1. The Bertz CT molecular complexity index is 188. The van der Waals surface area contributed by atoms with Crippen LogP contribution in [0.5, 0.6) is 0 Å². The first-order chi connectivity index (χ1) is 6.11. The van der Waals surface area contributed by atoms with E-state index in [0.717, 1.165) is 17.4 Å². The van der Waals surface area contributed by atoms with Crippen LogP contribution in [-0.2, 0) is 0 Å². The molecule has 2 aliphatic rings. The lowest BCUT2D eigenvalue weighted by atomic mass is 9.85. The lowest BCUT2D eigenvalue weighted by Crippen LogP contribution is -2.31. The highest BCUT2D eigenvalue weighted by molar-refractivity contribution is 4.95. The van der Waals surface area contributed by atoms with Crippen LogP contribution >= 0.6 is 0 Å². The first-order valence-electron chi connectivity index (χ1n) is 5.85. The Hall–Kier alpha value is -0.0400. The molecule has 0 amide bonds. The van der Waals surface area contributed by atoms with Crippen molar-refractivity contribution in [1.29, 1.82) is 0 Å². The van der Waals surface area contributed by atoms with Crippen LogP contribution in [0.4, 0.5) is 0 Å². The fourth-order valence-corrected chi connectivity index (χ4v) is 3.28. The van der Waals surface area contributed by atoms with E-state index in [-0.39, 0.29) is 0 Å². The van der Waals surface area contributed by atoms with Crippen LogP contribution in [0.1, 0.15) is 46.5 Å². The normalized spacial score (nSPS) is 41.1. The van der Waals surface area contributed by atoms with Gasteiger partial charge in [-0.25, -0.2) is 0 Å². The van der Waals surface area contributed by atoms with Gasteiger partial charge in [0.25, 0.3) is 0 Å². The summed E-state index contributed by atoms with van der Waals surface area (Å²) in [6.07, 6.45) is 5.94. The summed E-state index contributed by atoms with van der Waals surface area (Å²) in [6, 6.07) is 0.760. The molecule has 1 nitrogen and oxygen atoms in total. The van der Waals surface area contributed by atoms with Gasteiger partial charge in [-0.1, -0.05) is 13.3 Å². The number of likely N-dealkylation sites (tertiary alicyclic amines) is 1. The van der Waals surface area contributed by atoms with Crippen molar-refractivity contribution in [2.75, 3.05) is 13.1 Å². The van der Waals surface area contributed by atoms with Gasteiger partial charge in [-0.05, 0) is 51.0 Å². The van der Waals surface area contributed by atoms with E-state index < -0.39 is 0 Å². The molecule has 1 aliphatic carbocycles. The molecule has 1 saturated carbocycles.